The average molecular weight is 603 g/mol. The first-order chi connectivity index (χ1) is 20.9. The van der Waals surface area contributed by atoms with Crippen LogP contribution in [-0.2, 0) is 11.3 Å². The summed E-state index contributed by atoms with van der Waals surface area (Å²) in [6.45, 7) is 10.3. The van der Waals surface area contributed by atoms with Gasteiger partial charge in [0.25, 0.3) is 5.91 Å². The highest BCUT2D eigenvalue weighted by atomic mass is 19.1. The van der Waals surface area contributed by atoms with Gasteiger partial charge in [0, 0.05) is 30.1 Å². The van der Waals surface area contributed by atoms with Gasteiger partial charge in [-0.15, -0.1) is 0 Å². The Morgan fingerprint density at radius 2 is 1.82 bits per heavy atom. The molecule has 1 aliphatic carbocycles. The van der Waals surface area contributed by atoms with Gasteiger partial charge in [-0.1, -0.05) is 6.07 Å². The second kappa shape index (κ2) is 13.0. The smallest absolute Gasteiger partial charge is 0.280 e. The van der Waals surface area contributed by atoms with Crippen LogP contribution in [0.5, 0.6) is 0 Å². The number of fused-ring (bicyclic) bond motifs is 1. The van der Waals surface area contributed by atoms with E-state index in [-0.39, 0.29) is 41.0 Å². The zero-order valence-electron chi connectivity index (χ0n) is 26.1. The predicted molar refractivity (Wildman–Crippen MR) is 166 cm³/mol. The molecule has 2 fully saturated rings. The minimum absolute atomic E-state index is 0.0102. The number of aromatic amines is 1. The first-order valence-corrected chi connectivity index (χ1v) is 15.7. The van der Waals surface area contributed by atoms with Crippen molar-refractivity contribution in [1.82, 2.24) is 19.8 Å². The Balaban J connectivity index is 1.46. The van der Waals surface area contributed by atoms with Crippen LogP contribution in [0.2, 0.25) is 0 Å². The van der Waals surface area contributed by atoms with Crippen molar-refractivity contribution < 1.29 is 19.1 Å². The Bertz CT molecular complexity index is 1630. The summed E-state index contributed by atoms with van der Waals surface area (Å²) >= 11 is 0. The number of piperidine rings is 1. The van der Waals surface area contributed by atoms with E-state index in [2.05, 4.69) is 36.9 Å². The number of nitriles is 1. The lowest BCUT2D eigenvalue weighted by Gasteiger charge is -2.37. The van der Waals surface area contributed by atoms with Crippen LogP contribution in [0.1, 0.15) is 93.7 Å². The van der Waals surface area contributed by atoms with E-state index < -0.39 is 17.3 Å². The summed E-state index contributed by atoms with van der Waals surface area (Å²) < 4.78 is 16.2. The van der Waals surface area contributed by atoms with E-state index in [1.54, 1.807) is 0 Å². The summed E-state index contributed by atoms with van der Waals surface area (Å²) in [6.07, 6.45) is 4.84. The molecule has 5 rings (SSSR count). The van der Waals surface area contributed by atoms with Gasteiger partial charge in [-0.2, -0.15) is 10.3 Å². The number of carbonyl (C=O) groups is 2. The normalized spacial score (nSPS) is 20.6. The van der Waals surface area contributed by atoms with Crippen LogP contribution in [0.4, 0.5) is 4.39 Å². The lowest BCUT2D eigenvalue weighted by molar-refractivity contribution is -0.126. The van der Waals surface area contributed by atoms with Gasteiger partial charge in [0.15, 0.2) is 0 Å². The number of nitrogens with one attached hydrogen (secondary N) is 2. The summed E-state index contributed by atoms with van der Waals surface area (Å²) in [7, 11) is 0. The number of rotatable bonds is 7. The minimum atomic E-state index is -0.671. The third kappa shape index (κ3) is 7.28. The highest BCUT2D eigenvalue weighted by Gasteiger charge is 2.31. The minimum Gasteiger partial charge on any atom is -0.390 e. The van der Waals surface area contributed by atoms with Crippen LogP contribution in [0.3, 0.4) is 0 Å². The highest BCUT2D eigenvalue weighted by Crippen LogP contribution is 2.34. The number of H-pyrrole nitrogens is 1. The third-order valence-electron chi connectivity index (χ3n) is 9.13. The second-order valence-corrected chi connectivity index (χ2v) is 13.3. The number of likely N-dealkylation sites (tertiary alicyclic amines) is 1. The fraction of sp³-hybridized carbons (Fsp3) is 0.529. The number of hydrogen-bond acceptors (Lipinski definition) is 5. The van der Waals surface area contributed by atoms with E-state index in [0.717, 1.165) is 86.9 Å². The molecule has 2 amide bonds. The van der Waals surface area contributed by atoms with E-state index in [9.17, 15) is 24.3 Å². The van der Waals surface area contributed by atoms with Crippen molar-refractivity contribution in [3.63, 3.8) is 0 Å². The maximum absolute atomic E-state index is 14.1. The van der Waals surface area contributed by atoms with E-state index in [0.29, 0.717) is 5.62 Å². The second-order valence-electron chi connectivity index (χ2n) is 13.3. The van der Waals surface area contributed by atoms with Crippen molar-refractivity contribution in [3.8, 4) is 6.07 Å². The Hall–Kier alpha value is -3.81. The largest absolute Gasteiger partial charge is 0.390 e. The molecule has 2 aliphatic rings. The lowest BCUT2D eigenvalue weighted by Crippen LogP contribution is -2.41. The van der Waals surface area contributed by atoms with Crippen molar-refractivity contribution in [2.75, 3.05) is 13.1 Å². The van der Waals surface area contributed by atoms with Crippen molar-refractivity contribution >= 4 is 22.8 Å². The summed E-state index contributed by atoms with van der Waals surface area (Å²) in [4.78, 5) is 36.1. The van der Waals surface area contributed by atoms with Gasteiger partial charge in [0.2, 0.25) is 11.5 Å². The number of imidazole rings is 1. The molecule has 1 saturated carbocycles. The fourth-order valence-corrected chi connectivity index (χ4v) is 6.72. The standard InChI is InChI=1S/C34H43FN6O3/c1-21(2)37-31(42)24-6-8-28(9-7-24)41-30-17-22(20-40-13-11-26(12-14-40)34(3,4)44)5-10-29(30)38-33(41)39-32(43)25-15-23(19-36)16-27(35)18-25/h5,10,15-18,21,24,26,28,44H,6-9,11-14,20H2,1-4H3,(H,37,42)(H,38,39,43). The van der Waals surface area contributed by atoms with Gasteiger partial charge in [0.05, 0.1) is 28.3 Å². The Morgan fingerprint density at radius 3 is 2.45 bits per heavy atom. The topological polar surface area (TPSA) is 127 Å². The number of halogens is 1. The molecule has 1 saturated heterocycles. The molecule has 2 heterocycles. The van der Waals surface area contributed by atoms with Crippen molar-refractivity contribution in [2.24, 2.45) is 16.8 Å². The Kier molecular flexibility index (Phi) is 9.37. The molecule has 0 unspecified atom stereocenters. The zero-order chi connectivity index (χ0) is 31.6. The number of aromatic nitrogens is 2. The Labute approximate surface area is 257 Å². The van der Waals surface area contributed by atoms with Crippen LogP contribution in [-0.4, -0.2) is 56.1 Å². The lowest BCUT2D eigenvalue weighted by atomic mass is 9.83. The van der Waals surface area contributed by atoms with Crippen molar-refractivity contribution in [3.05, 3.63) is 64.5 Å². The highest BCUT2D eigenvalue weighted by molar-refractivity contribution is 5.95. The van der Waals surface area contributed by atoms with Gasteiger partial charge < -0.3 is 20.0 Å². The molecule has 3 aromatic rings. The molecule has 3 N–H and O–H groups in total. The van der Waals surface area contributed by atoms with Crippen LogP contribution in [0.25, 0.3) is 11.0 Å². The molecule has 0 bridgehead atoms. The van der Waals surface area contributed by atoms with Crippen LogP contribution < -0.4 is 10.9 Å². The SMILES string of the molecule is CC(C)NC(=O)C1CCC(n2/c(=N\C(=O)c3cc(F)cc(C#N)c3)[nH]c3ccc(CN4CCC(C(C)(C)O)CC4)cc32)CC1. The van der Waals surface area contributed by atoms with Gasteiger partial charge in [-0.25, -0.2) is 4.39 Å². The zero-order valence-corrected chi connectivity index (χ0v) is 26.1. The fourth-order valence-electron chi connectivity index (χ4n) is 6.72. The van der Waals surface area contributed by atoms with Gasteiger partial charge in [-0.05, 0) is 121 Å². The number of hydrogen-bond donors (Lipinski definition) is 3. The summed E-state index contributed by atoms with van der Waals surface area (Å²) in [5.74, 6) is -0.990. The molecule has 1 aromatic heterocycles. The quantitative estimate of drug-likeness (QED) is 0.352. The maximum Gasteiger partial charge on any atom is 0.280 e. The molecule has 10 heteroatoms. The van der Waals surface area contributed by atoms with Crippen LogP contribution in [0, 0.1) is 29.0 Å². The number of aliphatic hydroxyl groups is 1. The first-order valence-electron chi connectivity index (χ1n) is 15.7. The van der Waals surface area contributed by atoms with E-state index in [1.165, 1.54) is 6.07 Å². The van der Waals surface area contributed by atoms with Crippen molar-refractivity contribution in [2.45, 2.75) is 90.4 Å². The molecule has 0 atom stereocenters. The van der Waals surface area contributed by atoms with E-state index >= 15 is 0 Å². The molecule has 1 aliphatic heterocycles. The summed E-state index contributed by atoms with van der Waals surface area (Å²) in [5.41, 5.74) is 2.66. The van der Waals surface area contributed by atoms with Crippen LogP contribution >= 0.6 is 0 Å². The Morgan fingerprint density at radius 1 is 1.11 bits per heavy atom. The molecule has 9 nitrogen and oxygen atoms in total. The van der Waals surface area contributed by atoms with Gasteiger partial charge >= 0.3 is 0 Å². The number of carbonyl (C=O) groups excluding carboxylic acids is 2. The number of nitrogens with zero attached hydrogens (tertiary/aromatic N) is 4. The monoisotopic (exact) mass is 602 g/mol. The van der Waals surface area contributed by atoms with E-state index in [1.807, 2.05) is 39.8 Å². The summed E-state index contributed by atoms with van der Waals surface area (Å²) in [6, 6.07) is 11.7. The number of amides is 2. The predicted octanol–water partition coefficient (Wildman–Crippen LogP) is 4.96. The molecule has 0 spiro atoms. The first kappa shape index (κ1) is 31.6. The van der Waals surface area contributed by atoms with Gasteiger partial charge in [-0.3, -0.25) is 14.5 Å². The molecule has 0 radical (unpaired) electrons. The van der Waals surface area contributed by atoms with Crippen molar-refractivity contribution in [1.29, 1.82) is 5.26 Å². The molecule has 2 aromatic carbocycles. The molecule has 44 heavy (non-hydrogen) atoms. The molecular formula is C34H43FN6O3. The number of benzene rings is 2. The molecule has 234 valence electrons. The average Bonchev–Trinajstić information content (AvgIpc) is 3.33. The third-order valence-corrected chi connectivity index (χ3v) is 9.13. The van der Waals surface area contributed by atoms with Gasteiger partial charge in [0.1, 0.15) is 5.82 Å². The summed E-state index contributed by atoms with van der Waals surface area (Å²) in [5, 5.41) is 22.7. The van der Waals surface area contributed by atoms with E-state index in [4.69, 9.17) is 0 Å². The maximum atomic E-state index is 14.1. The molecular weight excluding hydrogens is 559 g/mol. The van der Waals surface area contributed by atoms with Crippen LogP contribution in [0.15, 0.2) is 41.4 Å².